The van der Waals surface area contributed by atoms with Gasteiger partial charge in [-0.3, -0.25) is 0 Å². The topological polar surface area (TPSA) is 29.5 Å². The molecule has 0 heterocycles. The molecule has 0 unspecified atom stereocenters. The molecule has 0 bridgehead atoms. The molecule has 0 aliphatic heterocycles. The van der Waals surface area contributed by atoms with Gasteiger partial charge in [0, 0.05) is 10.8 Å². The summed E-state index contributed by atoms with van der Waals surface area (Å²) < 4.78 is 6.52. The number of benzene rings is 1. The lowest BCUT2D eigenvalue weighted by Crippen LogP contribution is -2.43. The van der Waals surface area contributed by atoms with Crippen LogP contribution in [-0.4, -0.2) is 17.3 Å². The summed E-state index contributed by atoms with van der Waals surface area (Å²) in [6.07, 6.45) is 11.0. The van der Waals surface area contributed by atoms with E-state index in [2.05, 4.69) is 83.2 Å². The molecule has 4 rings (SSSR count). The van der Waals surface area contributed by atoms with Crippen molar-refractivity contribution in [2.75, 3.05) is 0 Å². The van der Waals surface area contributed by atoms with Gasteiger partial charge in [0.25, 0.3) is 0 Å². The Morgan fingerprint density at radius 3 is 2.52 bits per heavy atom. The smallest absolute Gasteiger partial charge is 0.0720 e. The van der Waals surface area contributed by atoms with E-state index in [9.17, 15) is 5.11 Å². The van der Waals surface area contributed by atoms with Gasteiger partial charge in [0.05, 0.1) is 18.8 Å². The molecule has 0 amide bonds. The van der Waals surface area contributed by atoms with Crippen molar-refractivity contribution in [1.29, 1.82) is 0 Å². The predicted molar refractivity (Wildman–Crippen MR) is 119 cm³/mol. The first kappa shape index (κ1) is 20.6. The average Bonchev–Trinajstić information content (AvgIpc) is 3.13. The van der Waals surface area contributed by atoms with Gasteiger partial charge < -0.3 is 9.84 Å². The molecule has 3 aliphatic rings. The lowest BCUT2D eigenvalue weighted by molar-refractivity contribution is -0.0362. The number of hydrogen-bond acceptors (Lipinski definition) is 2. The fourth-order valence-corrected chi connectivity index (χ4v) is 6.11. The van der Waals surface area contributed by atoms with Gasteiger partial charge in [0.1, 0.15) is 0 Å². The fourth-order valence-electron chi connectivity index (χ4n) is 6.11. The summed E-state index contributed by atoms with van der Waals surface area (Å²) in [5, 5.41) is 11.7. The number of aliphatic hydroxyl groups is 1. The van der Waals surface area contributed by atoms with Crippen molar-refractivity contribution in [3.8, 4) is 0 Å². The Bertz CT molecular complexity index is 831. The molecule has 0 aromatic heterocycles. The number of allylic oxidation sites excluding steroid dienone is 4. The van der Waals surface area contributed by atoms with Gasteiger partial charge in [0.2, 0.25) is 0 Å². The highest BCUT2D eigenvalue weighted by molar-refractivity contribution is 5.44. The lowest BCUT2D eigenvalue weighted by Gasteiger charge is -2.42. The molecule has 1 fully saturated rings. The molecule has 1 aromatic carbocycles. The average molecular weight is 393 g/mol. The van der Waals surface area contributed by atoms with Crippen molar-refractivity contribution >= 4 is 0 Å². The lowest BCUT2D eigenvalue weighted by atomic mass is 9.64. The highest BCUT2D eigenvalue weighted by Crippen LogP contribution is 2.57. The third-order valence-electron chi connectivity index (χ3n) is 7.77. The van der Waals surface area contributed by atoms with Crippen molar-refractivity contribution in [3.63, 3.8) is 0 Å². The summed E-state index contributed by atoms with van der Waals surface area (Å²) in [6.45, 7) is 11.8. The van der Waals surface area contributed by atoms with Crippen molar-refractivity contribution in [3.05, 3.63) is 71.3 Å². The third-order valence-corrected chi connectivity index (χ3v) is 7.77. The maximum absolute atomic E-state index is 11.7. The highest BCUT2D eigenvalue weighted by Gasteiger charge is 2.54. The van der Waals surface area contributed by atoms with Crippen LogP contribution in [0.25, 0.3) is 0 Å². The summed E-state index contributed by atoms with van der Waals surface area (Å²) in [5.41, 5.74) is 3.65. The van der Waals surface area contributed by atoms with E-state index < -0.39 is 0 Å². The van der Waals surface area contributed by atoms with E-state index in [1.165, 1.54) is 16.7 Å². The minimum Gasteiger partial charge on any atom is -0.392 e. The molecule has 0 radical (unpaired) electrons. The molecule has 6 atom stereocenters. The van der Waals surface area contributed by atoms with Crippen LogP contribution in [0.1, 0.15) is 53.0 Å². The van der Waals surface area contributed by atoms with E-state index in [1.807, 2.05) is 6.07 Å². The maximum Gasteiger partial charge on any atom is 0.0720 e. The standard InChI is InChI=1S/C27H36O2/c1-6-19-15-21-22(25(28)27(5)13-12-26(3,4)23(27)16-19)14-18(2)24(21)29-17-20-10-8-7-9-11-20/h6-13,16,18,21-22,24-25,28H,14-15,17H2,1-5H3/b19-6-,23-16-/t18-,21+,22+,24+,25-,27-/m1/s1. The van der Waals surface area contributed by atoms with E-state index in [0.717, 1.165) is 12.8 Å². The Hall–Kier alpha value is -1.64. The fraction of sp³-hybridized carbons (Fsp3) is 0.556. The van der Waals surface area contributed by atoms with Crippen LogP contribution in [0.2, 0.25) is 0 Å². The number of ether oxygens (including phenoxy) is 1. The summed E-state index contributed by atoms with van der Waals surface area (Å²) >= 11 is 0. The Labute approximate surface area is 176 Å². The Morgan fingerprint density at radius 1 is 1.10 bits per heavy atom. The largest absolute Gasteiger partial charge is 0.392 e. The van der Waals surface area contributed by atoms with Crippen LogP contribution in [-0.2, 0) is 11.3 Å². The van der Waals surface area contributed by atoms with Gasteiger partial charge in [-0.15, -0.1) is 0 Å². The maximum atomic E-state index is 11.7. The molecule has 2 heteroatoms. The monoisotopic (exact) mass is 392 g/mol. The van der Waals surface area contributed by atoms with Crippen LogP contribution >= 0.6 is 0 Å². The van der Waals surface area contributed by atoms with Gasteiger partial charge in [-0.25, -0.2) is 0 Å². The molecule has 29 heavy (non-hydrogen) atoms. The Kier molecular flexibility index (Phi) is 5.38. The zero-order chi connectivity index (χ0) is 20.8. The third kappa shape index (κ3) is 3.55. The van der Waals surface area contributed by atoms with Crippen LogP contribution in [0.5, 0.6) is 0 Å². The molecule has 156 valence electrons. The van der Waals surface area contributed by atoms with E-state index in [-0.39, 0.29) is 29.0 Å². The zero-order valence-electron chi connectivity index (χ0n) is 18.6. The van der Waals surface area contributed by atoms with E-state index in [0.29, 0.717) is 18.4 Å². The van der Waals surface area contributed by atoms with Gasteiger partial charge in [-0.2, -0.15) is 0 Å². The van der Waals surface area contributed by atoms with Crippen molar-refractivity contribution in [1.82, 2.24) is 0 Å². The van der Waals surface area contributed by atoms with Gasteiger partial charge in [0.15, 0.2) is 0 Å². The predicted octanol–water partition coefficient (Wildman–Crippen LogP) is 6.08. The number of aliphatic hydroxyl groups excluding tert-OH is 1. The van der Waals surface area contributed by atoms with Crippen molar-refractivity contribution in [2.45, 2.75) is 66.3 Å². The molecule has 1 saturated carbocycles. The molecule has 2 nitrogen and oxygen atoms in total. The zero-order valence-corrected chi connectivity index (χ0v) is 18.6. The highest BCUT2D eigenvalue weighted by atomic mass is 16.5. The molecular weight excluding hydrogens is 356 g/mol. The Morgan fingerprint density at radius 2 is 1.83 bits per heavy atom. The first-order valence-corrected chi connectivity index (χ1v) is 11.2. The number of fused-ring (bicyclic) bond motifs is 2. The number of rotatable bonds is 3. The second kappa shape index (κ2) is 7.56. The second-order valence-corrected chi connectivity index (χ2v) is 10.2. The summed E-state index contributed by atoms with van der Waals surface area (Å²) in [7, 11) is 0. The minimum absolute atomic E-state index is 0.00966. The van der Waals surface area contributed by atoms with Crippen LogP contribution in [0, 0.1) is 28.6 Å². The molecule has 1 N–H and O–H groups in total. The quantitative estimate of drug-likeness (QED) is 0.631. The van der Waals surface area contributed by atoms with E-state index in [1.54, 1.807) is 0 Å². The van der Waals surface area contributed by atoms with Gasteiger partial charge in [-0.05, 0) is 55.6 Å². The summed E-state index contributed by atoms with van der Waals surface area (Å²) in [6, 6.07) is 10.4. The van der Waals surface area contributed by atoms with Gasteiger partial charge in [-0.1, -0.05) is 81.0 Å². The molecular formula is C27H36O2. The van der Waals surface area contributed by atoms with Gasteiger partial charge >= 0.3 is 0 Å². The van der Waals surface area contributed by atoms with Crippen molar-refractivity contribution < 1.29 is 9.84 Å². The normalized spacial score (nSPS) is 41.4. The molecule has 3 aliphatic carbocycles. The summed E-state index contributed by atoms with van der Waals surface area (Å²) in [5.74, 6) is 1.06. The van der Waals surface area contributed by atoms with Crippen LogP contribution in [0.15, 0.2) is 65.8 Å². The van der Waals surface area contributed by atoms with Crippen molar-refractivity contribution in [2.24, 2.45) is 28.6 Å². The van der Waals surface area contributed by atoms with Crippen LogP contribution in [0.4, 0.5) is 0 Å². The molecule has 0 spiro atoms. The Balaban J connectivity index is 1.65. The SMILES string of the molecule is C/C=C1\C=C2\C(C)(C)C=C[C@@]2(C)[C@H](O)[C@H]2C[C@@H](C)[C@H](OCc3ccccc3)[C@H]2C1. The van der Waals surface area contributed by atoms with Crippen LogP contribution in [0.3, 0.4) is 0 Å². The minimum atomic E-state index is -0.372. The first-order chi connectivity index (χ1) is 13.8. The summed E-state index contributed by atoms with van der Waals surface area (Å²) in [4.78, 5) is 0. The first-order valence-electron chi connectivity index (χ1n) is 11.2. The molecule has 0 saturated heterocycles. The van der Waals surface area contributed by atoms with E-state index in [4.69, 9.17) is 4.74 Å². The van der Waals surface area contributed by atoms with Crippen LogP contribution < -0.4 is 0 Å². The molecule has 1 aromatic rings. The second-order valence-electron chi connectivity index (χ2n) is 10.2. The van der Waals surface area contributed by atoms with E-state index >= 15 is 0 Å². The number of hydrogen-bond donors (Lipinski definition) is 1.